The summed E-state index contributed by atoms with van der Waals surface area (Å²) in [4.78, 5) is 24.1. The largest absolute Gasteiger partial charge is 0.481 e. The standard InChI is InChI=1S/C21H28O4/c1-12(2)13-6-7-16-14(10-13)15(18(22)23)11-17-20(16,3)8-5-9-21(17,4)19(24)25/h6-7,10,12,15,17H,5,8-9,11H2,1-4H3,(H,22,23)(H,24,25)/t15?,17?,20-,21-/m1/s1. The number of aliphatic carboxylic acids is 2. The molecule has 0 saturated heterocycles. The monoisotopic (exact) mass is 344 g/mol. The fraction of sp³-hybridized carbons (Fsp3) is 0.619. The third-order valence-corrected chi connectivity index (χ3v) is 6.92. The van der Waals surface area contributed by atoms with Crippen LogP contribution in [0.2, 0.25) is 0 Å². The minimum absolute atomic E-state index is 0.162. The van der Waals surface area contributed by atoms with E-state index in [1.165, 1.54) is 0 Å². The summed E-state index contributed by atoms with van der Waals surface area (Å²) in [5.41, 5.74) is 1.95. The average Bonchev–Trinajstić information content (AvgIpc) is 2.53. The molecule has 136 valence electrons. The van der Waals surface area contributed by atoms with Crippen molar-refractivity contribution in [1.29, 1.82) is 0 Å². The van der Waals surface area contributed by atoms with Gasteiger partial charge in [-0.3, -0.25) is 9.59 Å². The van der Waals surface area contributed by atoms with Crippen LogP contribution >= 0.6 is 0 Å². The van der Waals surface area contributed by atoms with Crippen LogP contribution in [0.15, 0.2) is 18.2 Å². The SMILES string of the molecule is CC(C)c1ccc2c(c1)C(C(=O)O)CC1[C@](C)(C(=O)O)CCC[C@]21C. The molecule has 2 aliphatic rings. The Bertz CT molecular complexity index is 723. The number of carboxylic acid groups (broad SMARTS) is 2. The van der Waals surface area contributed by atoms with Crippen LogP contribution in [0.3, 0.4) is 0 Å². The smallest absolute Gasteiger partial charge is 0.310 e. The fourth-order valence-electron chi connectivity index (χ4n) is 5.32. The molecule has 25 heavy (non-hydrogen) atoms. The molecule has 0 aliphatic heterocycles. The maximum atomic E-state index is 12.1. The summed E-state index contributed by atoms with van der Waals surface area (Å²) >= 11 is 0. The summed E-state index contributed by atoms with van der Waals surface area (Å²) in [5, 5.41) is 19.7. The topological polar surface area (TPSA) is 74.6 Å². The van der Waals surface area contributed by atoms with Crippen molar-refractivity contribution in [2.24, 2.45) is 11.3 Å². The molecule has 0 spiro atoms. The van der Waals surface area contributed by atoms with Crippen LogP contribution in [0.25, 0.3) is 0 Å². The van der Waals surface area contributed by atoms with Gasteiger partial charge in [-0.25, -0.2) is 0 Å². The van der Waals surface area contributed by atoms with Gasteiger partial charge in [-0.1, -0.05) is 45.4 Å². The van der Waals surface area contributed by atoms with E-state index in [9.17, 15) is 19.8 Å². The van der Waals surface area contributed by atoms with E-state index >= 15 is 0 Å². The average molecular weight is 344 g/mol. The van der Waals surface area contributed by atoms with E-state index in [1.54, 1.807) is 0 Å². The number of fused-ring (bicyclic) bond motifs is 3. The summed E-state index contributed by atoms with van der Waals surface area (Å²) in [6.07, 6.45) is 2.80. The Balaban J connectivity index is 2.21. The molecule has 4 atom stereocenters. The second kappa shape index (κ2) is 5.86. The number of carbonyl (C=O) groups is 2. The number of hydrogen-bond donors (Lipinski definition) is 2. The first-order valence-corrected chi connectivity index (χ1v) is 9.22. The Hall–Kier alpha value is -1.84. The molecule has 0 amide bonds. The highest BCUT2D eigenvalue weighted by molar-refractivity contribution is 5.80. The predicted molar refractivity (Wildman–Crippen MR) is 96.0 cm³/mol. The van der Waals surface area contributed by atoms with Crippen molar-refractivity contribution < 1.29 is 19.8 Å². The molecular formula is C21H28O4. The van der Waals surface area contributed by atoms with E-state index in [4.69, 9.17) is 0 Å². The number of rotatable bonds is 3. The van der Waals surface area contributed by atoms with Gasteiger partial charge in [0.1, 0.15) is 0 Å². The van der Waals surface area contributed by atoms with Crippen molar-refractivity contribution in [1.82, 2.24) is 0 Å². The molecule has 3 rings (SSSR count). The van der Waals surface area contributed by atoms with Crippen molar-refractivity contribution in [2.75, 3.05) is 0 Å². The molecule has 1 fully saturated rings. The van der Waals surface area contributed by atoms with Crippen LogP contribution in [0.4, 0.5) is 0 Å². The van der Waals surface area contributed by atoms with Gasteiger partial charge >= 0.3 is 11.9 Å². The number of carboxylic acids is 2. The van der Waals surface area contributed by atoms with Gasteiger partial charge in [-0.2, -0.15) is 0 Å². The van der Waals surface area contributed by atoms with E-state index in [-0.39, 0.29) is 11.3 Å². The Morgan fingerprint density at radius 1 is 1.16 bits per heavy atom. The normalized spacial score (nSPS) is 34.3. The lowest BCUT2D eigenvalue weighted by Crippen LogP contribution is -2.53. The summed E-state index contributed by atoms with van der Waals surface area (Å²) in [6, 6.07) is 6.20. The molecule has 0 heterocycles. The highest BCUT2D eigenvalue weighted by Gasteiger charge is 2.57. The lowest BCUT2D eigenvalue weighted by atomic mass is 9.48. The maximum absolute atomic E-state index is 12.1. The molecule has 1 aromatic rings. The van der Waals surface area contributed by atoms with Crippen molar-refractivity contribution in [3.05, 3.63) is 34.9 Å². The van der Waals surface area contributed by atoms with Crippen LogP contribution in [0.5, 0.6) is 0 Å². The lowest BCUT2D eigenvalue weighted by Gasteiger charge is -2.54. The molecule has 4 nitrogen and oxygen atoms in total. The Kier molecular flexibility index (Phi) is 4.21. The van der Waals surface area contributed by atoms with Crippen LogP contribution < -0.4 is 0 Å². The van der Waals surface area contributed by atoms with E-state index in [0.717, 1.165) is 29.5 Å². The van der Waals surface area contributed by atoms with E-state index in [2.05, 4.69) is 32.9 Å². The zero-order chi connectivity index (χ0) is 18.6. The molecule has 2 aliphatic carbocycles. The third-order valence-electron chi connectivity index (χ3n) is 6.92. The molecule has 1 saturated carbocycles. The van der Waals surface area contributed by atoms with Gasteiger partial charge < -0.3 is 10.2 Å². The lowest BCUT2D eigenvalue weighted by molar-refractivity contribution is -0.159. The Labute approximate surface area is 149 Å². The summed E-state index contributed by atoms with van der Waals surface area (Å²) < 4.78 is 0. The highest BCUT2D eigenvalue weighted by atomic mass is 16.4. The molecule has 1 aromatic carbocycles. The first-order chi connectivity index (χ1) is 11.6. The van der Waals surface area contributed by atoms with Gasteiger partial charge in [0.05, 0.1) is 11.3 Å². The maximum Gasteiger partial charge on any atom is 0.310 e. The number of benzene rings is 1. The fourth-order valence-corrected chi connectivity index (χ4v) is 5.32. The molecule has 0 aromatic heterocycles. The van der Waals surface area contributed by atoms with Gasteiger partial charge in [0, 0.05) is 0 Å². The highest BCUT2D eigenvalue weighted by Crippen LogP contribution is 2.59. The summed E-state index contributed by atoms with van der Waals surface area (Å²) in [7, 11) is 0. The molecular weight excluding hydrogens is 316 g/mol. The van der Waals surface area contributed by atoms with E-state index in [0.29, 0.717) is 18.8 Å². The molecule has 2 unspecified atom stereocenters. The van der Waals surface area contributed by atoms with Crippen molar-refractivity contribution in [2.45, 2.75) is 70.6 Å². The van der Waals surface area contributed by atoms with Crippen molar-refractivity contribution in [3.63, 3.8) is 0 Å². The number of hydrogen-bond acceptors (Lipinski definition) is 2. The minimum Gasteiger partial charge on any atom is -0.481 e. The molecule has 0 bridgehead atoms. The third kappa shape index (κ3) is 2.57. The summed E-state index contributed by atoms with van der Waals surface area (Å²) in [5.74, 6) is -2.09. The minimum atomic E-state index is -0.866. The van der Waals surface area contributed by atoms with Gasteiger partial charge in [-0.15, -0.1) is 0 Å². The second-order valence-electron chi connectivity index (χ2n) is 8.67. The Morgan fingerprint density at radius 2 is 1.84 bits per heavy atom. The molecule has 2 N–H and O–H groups in total. The van der Waals surface area contributed by atoms with Crippen LogP contribution in [-0.2, 0) is 15.0 Å². The van der Waals surface area contributed by atoms with Gasteiger partial charge in [0.2, 0.25) is 0 Å². The molecule has 4 heteroatoms. The predicted octanol–water partition coefficient (Wildman–Crippen LogP) is 4.53. The van der Waals surface area contributed by atoms with Crippen LogP contribution in [0.1, 0.15) is 81.9 Å². The first-order valence-electron chi connectivity index (χ1n) is 9.22. The Morgan fingerprint density at radius 3 is 2.40 bits per heavy atom. The van der Waals surface area contributed by atoms with E-state index < -0.39 is 23.3 Å². The van der Waals surface area contributed by atoms with Crippen LogP contribution in [0, 0.1) is 11.3 Å². The summed E-state index contributed by atoms with van der Waals surface area (Å²) in [6.45, 7) is 8.16. The van der Waals surface area contributed by atoms with Crippen molar-refractivity contribution >= 4 is 11.9 Å². The quantitative estimate of drug-likeness (QED) is 0.845. The van der Waals surface area contributed by atoms with Gasteiger partial charge in [-0.05, 0) is 60.1 Å². The van der Waals surface area contributed by atoms with Gasteiger partial charge in [0.25, 0.3) is 0 Å². The van der Waals surface area contributed by atoms with Crippen LogP contribution in [-0.4, -0.2) is 22.2 Å². The van der Waals surface area contributed by atoms with Gasteiger partial charge in [0.15, 0.2) is 0 Å². The second-order valence-corrected chi connectivity index (χ2v) is 8.67. The first kappa shape index (κ1) is 18.0. The van der Waals surface area contributed by atoms with E-state index in [1.807, 2.05) is 13.0 Å². The zero-order valence-corrected chi connectivity index (χ0v) is 15.5. The molecule has 0 radical (unpaired) electrons. The van der Waals surface area contributed by atoms with Crippen molar-refractivity contribution in [3.8, 4) is 0 Å². The zero-order valence-electron chi connectivity index (χ0n) is 15.5.